The summed E-state index contributed by atoms with van der Waals surface area (Å²) in [5, 5.41) is 33.3. The van der Waals surface area contributed by atoms with Crippen molar-refractivity contribution >= 4 is 23.6 Å². The zero-order valence-electron chi connectivity index (χ0n) is 25.2. The number of aryl methyl sites for hydroxylation is 1. The van der Waals surface area contributed by atoms with Crippen LogP contribution in [0.15, 0.2) is 67.3 Å². The fraction of sp³-hybridized carbons (Fsp3) is 0.375. The van der Waals surface area contributed by atoms with Gasteiger partial charge in [0.05, 0.1) is 18.0 Å². The van der Waals surface area contributed by atoms with Gasteiger partial charge in [0, 0.05) is 55.7 Å². The fourth-order valence-electron chi connectivity index (χ4n) is 5.21. The average Bonchev–Trinajstić information content (AvgIpc) is 3.46. The lowest BCUT2D eigenvalue weighted by molar-refractivity contribution is 0.0944. The maximum Gasteiger partial charge on any atom is 0.323 e. The number of nitrogens with one attached hydrogen (secondary N) is 3. The summed E-state index contributed by atoms with van der Waals surface area (Å²) in [6.45, 7) is 4.02. The van der Waals surface area contributed by atoms with Crippen molar-refractivity contribution in [2.45, 2.75) is 63.8 Å². The molecule has 3 heterocycles. The lowest BCUT2D eigenvalue weighted by Gasteiger charge is -2.36. The summed E-state index contributed by atoms with van der Waals surface area (Å²) in [6, 6.07) is 15.6. The van der Waals surface area contributed by atoms with Gasteiger partial charge in [-0.2, -0.15) is 15.3 Å². The zero-order valence-corrected chi connectivity index (χ0v) is 25.2. The van der Waals surface area contributed by atoms with Crippen molar-refractivity contribution in [1.82, 2.24) is 30.0 Å². The first-order valence-electron chi connectivity index (χ1n) is 14.7. The normalized spacial score (nSPS) is 16.5. The van der Waals surface area contributed by atoms with Crippen LogP contribution in [0, 0.1) is 11.3 Å². The van der Waals surface area contributed by atoms with E-state index in [0.29, 0.717) is 29.7 Å². The molecule has 1 saturated carbocycles. The minimum absolute atomic E-state index is 0.0496. The molecule has 3 aromatic heterocycles. The largest absolute Gasteiger partial charge is 0.389 e. The highest BCUT2D eigenvalue weighted by atomic mass is 16.3. The molecular formula is C32H38N10O2. The molecule has 1 fully saturated rings. The Morgan fingerprint density at radius 3 is 2.48 bits per heavy atom. The third-order valence-electron chi connectivity index (χ3n) is 7.53. The quantitative estimate of drug-likeness (QED) is 0.208. The molecule has 5 rings (SSSR count). The van der Waals surface area contributed by atoms with Crippen LogP contribution in [0.5, 0.6) is 0 Å². The fourth-order valence-corrected chi connectivity index (χ4v) is 5.21. The second kappa shape index (κ2) is 13.5. The van der Waals surface area contributed by atoms with Crippen molar-refractivity contribution in [3.05, 3.63) is 78.4 Å². The summed E-state index contributed by atoms with van der Waals surface area (Å²) in [6.07, 6.45) is 10.1. The number of benzene rings is 1. The average molecular weight is 595 g/mol. The first kappa shape index (κ1) is 30.4. The molecule has 0 saturated heterocycles. The van der Waals surface area contributed by atoms with E-state index in [9.17, 15) is 15.2 Å². The highest BCUT2D eigenvalue weighted by Gasteiger charge is 2.31. The summed E-state index contributed by atoms with van der Waals surface area (Å²) in [4.78, 5) is 29.0. The molecule has 0 bridgehead atoms. The van der Waals surface area contributed by atoms with Crippen molar-refractivity contribution in [3.63, 3.8) is 0 Å². The van der Waals surface area contributed by atoms with Crippen molar-refractivity contribution in [3.8, 4) is 17.2 Å². The Kier molecular flexibility index (Phi) is 9.35. The maximum atomic E-state index is 13.7. The minimum Gasteiger partial charge on any atom is -0.389 e. The first-order chi connectivity index (χ1) is 21.2. The Morgan fingerprint density at radius 1 is 1.07 bits per heavy atom. The number of hydrogen-bond acceptors (Lipinski definition) is 9. The van der Waals surface area contributed by atoms with Gasteiger partial charge in [-0.05, 0) is 57.2 Å². The minimum atomic E-state index is -0.961. The number of anilines is 3. The van der Waals surface area contributed by atoms with Crippen molar-refractivity contribution in [1.29, 1.82) is 5.26 Å². The first-order valence-corrected chi connectivity index (χ1v) is 14.7. The number of nitriles is 1. The number of rotatable bonds is 10. The molecule has 228 valence electrons. The third kappa shape index (κ3) is 7.87. The van der Waals surface area contributed by atoms with Gasteiger partial charge >= 0.3 is 6.03 Å². The van der Waals surface area contributed by atoms with E-state index in [4.69, 9.17) is 4.98 Å². The monoisotopic (exact) mass is 594 g/mol. The number of nitrogens with zero attached hydrogens (tertiary/aromatic N) is 7. The van der Waals surface area contributed by atoms with Crippen molar-refractivity contribution in [2.24, 2.45) is 7.05 Å². The van der Waals surface area contributed by atoms with E-state index in [1.54, 1.807) is 35.8 Å². The van der Waals surface area contributed by atoms with Gasteiger partial charge < -0.3 is 21.1 Å². The van der Waals surface area contributed by atoms with Gasteiger partial charge in [-0.25, -0.2) is 14.8 Å². The molecule has 4 N–H and O–H groups in total. The van der Waals surface area contributed by atoms with Crippen molar-refractivity contribution in [2.75, 3.05) is 22.1 Å². The molecule has 12 nitrogen and oxygen atoms in total. The van der Waals surface area contributed by atoms with Gasteiger partial charge in [-0.3, -0.25) is 9.58 Å². The Balaban J connectivity index is 1.28. The van der Waals surface area contributed by atoms with Crippen LogP contribution in [0.2, 0.25) is 0 Å². The van der Waals surface area contributed by atoms with Crippen LogP contribution in [-0.2, 0) is 13.6 Å². The number of carbonyl (C=O) groups is 1. The number of amides is 2. The van der Waals surface area contributed by atoms with Crippen LogP contribution in [0.25, 0.3) is 11.1 Å². The molecule has 0 radical (unpaired) electrons. The molecule has 0 atom stereocenters. The molecule has 0 unspecified atom stereocenters. The Labute approximate surface area is 257 Å². The Hall–Kier alpha value is -5.02. The predicted molar refractivity (Wildman–Crippen MR) is 169 cm³/mol. The van der Waals surface area contributed by atoms with Crippen LogP contribution < -0.4 is 20.9 Å². The van der Waals surface area contributed by atoms with E-state index in [0.717, 1.165) is 42.4 Å². The Bertz CT molecular complexity index is 1580. The van der Waals surface area contributed by atoms with E-state index < -0.39 is 5.60 Å². The third-order valence-corrected chi connectivity index (χ3v) is 7.53. The van der Waals surface area contributed by atoms with E-state index in [1.807, 2.05) is 55.7 Å². The van der Waals surface area contributed by atoms with Gasteiger partial charge in [0.25, 0.3) is 0 Å². The highest BCUT2D eigenvalue weighted by molar-refractivity contribution is 5.91. The second-order valence-corrected chi connectivity index (χ2v) is 11.7. The van der Waals surface area contributed by atoms with Crippen LogP contribution >= 0.6 is 0 Å². The molecule has 12 heteroatoms. The molecule has 1 aliphatic rings. The molecule has 44 heavy (non-hydrogen) atoms. The molecule has 0 spiro atoms. The lowest BCUT2D eigenvalue weighted by atomic mass is 9.90. The van der Waals surface area contributed by atoms with E-state index in [1.165, 1.54) is 6.20 Å². The maximum absolute atomic E-state index is 13.7. The second-order valence-electron chi connectivity index (χ2n) is 11.7. The molecule has 2 amide bonds. The summed E-state index contributed by atoms with van der Waals surface area (Å²) in [5.74, 6) is 1.39. The van der Waals surface area contributed by atoms with Gasteiger partial charge in [0.15, 0.2) is 0 Å². The van der Waals surface area contributed by atoms with Crippen LogP contribution in [0.4, 0.5) is 22.4 Å². The SMILES string of the molecule is Cn1cc(-c2ccc(N(C(=O)NCc3ccccc3)C3CCC(Nc4ncc(C#N)c(NCC(C)(C)O)n4)CC3)nc2)cn1. The molecule has 1 aliphatic carbocycles. The molecule has 0 aliphatic heterocycles. The highest BCUT2D eigenvalue weighted by Crippen LogP contribution is 2.30. The van der Waals surface area contributed by atoms with E-state index >= 15 is 0 Å². The van der Waals surface area contributed by atoms with E-state index in [-0.39, 0.29) is 24.7 Å². The smallest absolute Gasteiger partial charge is 0.323 e. The standard InChI is InChI=1S/C32H38N10O2/c1-32(2,44)21-37-29-24(15-33)18-35-30(40-29)39-26-10-12-27(13-11-26)42(31(43)36-16-22-7-5-4-6-8-22)28-14-9-23(17-34-28)25-19-38-41(3)20-25/h4-9,14,17-20,26-27,44H,10-13,16,21H2,1-3H3,(H,36,43)(H2,35,37,39,40). The number of aliphatic hydroxyl groups is 1. The number of hydrogen-bond donors (Lipinski definition) is 4. The van der Waals surface area contributed by atoms with Crippen LogP contribution in [0.3, 0.4) is 0 Å². The van der Waals surface area contributed by atoms with Gasteiger partial charge in [0.1, 0.15) is 23.3 Å². The van der Waals surface area contributed by atoms with Gasteiger partial charge in [-0.15, -0.1) is 0 Å². The zero-order chi connectivity index (χ0) is 31.1. The topological polar surface area (TPSA) is 157 Å². The van der Waals surface area contributed by atoms with E-state index in [2.05, 4.69) is 37.1 Å². The molecule has 4 aromatic rings. The van der Waals surface area contributed by atoms with Crippen LogP contribution in [-0.4, -0.2) is 60.1 Å². The molecule has 1 aromatic carbocycles. The summed E-state index contributed by atoms with van der Waals surface area (Å²) in [5.41, 5.74) is 2.26. The summed E-state index contributed by atoms with van der Waals surface area (Å²) < 4.78 is 1.75. The predicted octanol–water partition coefficient (Wildman–Crippen LogP) is 4.47. The van der Waals surface area contributed by atoms with Gasteiger partial charge in [0.2, 0.25) is 5.95 Å². The summed E-state index contributed by atoms with van der Waals surface area (Å²) >= 11 is 0. The number of pyridine rings is 1. The summed E-state index contributed by atoms with van der Waals surface area (Å²) in [7, 11) is 1.87. The van der Waals surface area contributed by atoms with Crippen molar-refractivity contribution < 1.29 is 9.90 Å². The number of carbonyl (C=O) groups excluding carboxylic acids is 1. The number of urea groups is 1. The number of aromatic nitrogens is 5. The lowest BCUT2D eigenvalue weighted by Crippen LogP contribution is -2.49. The Morgan fingerprint density at radius 2 is 1.84 bits per heavy atom. The van der Waals surface area contributed by atoms with Gasteiger partial charge in [-0.1, -0.05) is 30.3 Å². The van der Waals surface area contributed by atoms with Crippen LogP contribution in [0.1, 0.15) is 50.7 Å². The molecular weight excluding hydrogens is 556 g/mol.